The first kappa shape index (κ1) is 7.94. The van der Waals surface area contributed by atoms with E-state index in [1.807, 2.05) is 0 Å². The number of rotatable bonds is 1. The van der Waals surface area contributed by atoms with E-state index in [1.165, 1.54) is 12.3 Å². The molecule has 0 atom stereocenters. The Labute approximate surface area is 68.0 Å². The second kappa shape index (κ2) is 2.84. The first-order valence-corrected chi connectivity index (χ1v) is 3.25. The molecule has 0 aliphatic carbocycles. The first-order valence-electron chi connectivity index (χ1n) is 2.88. The van der Waals surface area contributed by atoms with Gasteiger partial charge in [-0.2, -0.15) is 0 Å². The summed E-state index contributed by atoms with van der Waals surface area (Å²) < 4.78 is 0. The normalized spacial score (nSPS) is 9.64. The van der Waals surface area contributed by atoms with Crippen molar-refractivity contribution in [2.24, 2.45) is 0 Å². The lowest BCUT2D eigenvalue weighted by Crippen LogP contribution is -1.92. The van der Waals surface area contributed by atoms with Crippen LogP contribution >= 0.6 is 11.6 Å². The summed E-state index contributed by atoms with van der Waals surface area (Å²) >= 11 is 5.60. The lowest BCUT2D eigenvalue weighted by atomic mass is 10.3. The molecule has 0 fully saturated rings. The second-order valence-electron chi connectivity index (χ2n) is 2.05. The lowest BCUT2D eigenvalue weighted by Gasteiger charge is -1.93. The standard InChI is InChI=1S/C6H5ClN2O2/c1-4-2-6(9(10)11)8-3-5(4)7/h2-3H,1H3. The van der Waals surface area contributed by atoms with Gasteiger partial charge in [-0.3, -0.25) is 0 Å². The number of halogens is 1. The molecule has 4 nitrogen and oxygen atoms in total. The van der Waals surface area contributed by atoms with Crippen molar-refractivity contribution < 1.29 is 4.92 Å². The van der Waals surface area contributed by atoms with Crippen LogP contribution in [0.25, 0.3) is 0 Å². The van der Waals surface area contributed by atoms with Crippen molar-refractivity contribution in [3.05, 3.63) is 33.0 Å². The Kier molecular flexibility index (Phi) is 2.05. The molecular formula is C6H5ClN2O2. The van der Waals surface area contributed by atoms with E-state index in [0.29, 0.717) is 10.6 Å². The van der Waals surface area contributed by atoms with Gasteiger partial charge in [-0.1, -0.05) is 11.6 Å². The van der Waals surface area contributed by atoms with Crippen LogP contribution in [0.1, 0.15) is 5.56 Å². The summed E-state index contributed by atoms with van der Waals surface area (Å²) in [6.07, 6.45) is 1.27. The van der Waals surface area contributed by atoms with E-state index >= 15 is 0 Å². The zero-order valence-corrected chi connectivity index (χ0v) is 6.50. The molecule has 0 aromatic carbocycles. The summed E-state index contributed by atoms with van der Waals surface area (Å²) in [4.78, 5) is 13.1. The van der Waals surface area contributed by atoms with Crippen molar-refractivity contribution in [2.75, 3.05) is 0 Å². The van der Waals surface area contributed by atoms with Gasteiger partial charge in [0.1, 0.15) is 0 Å². The van der Waals surface area contributed by atoms with E-state index in [0.717, 1.165) is 0 Å². The molecule has 58 valence electrons. The molecule has 11 heavy (non-hydrogen) atoms. The van der Waals surface area contributed by atoms with Crippen LogP contribution in [-0.2, 0) is 0 Å². The second-order valence-corrected chi connectivity index (χ2v) is 2.46. The quantitative estimate of drug-likeness (QED) is 0.481. The minimum absolute atomic E-state index is 0.174. The Bertz CT molecular complexity index is 301. The highest BCUT2D eigenvalue weighted by Crippen LogP contribution is 2.17. The summed E-state index contributed by atoms with van der Waals surface area (Å²) in [7, 11) is 0. The van der Waals surface area contributed by atoms with Crippen LogP contribution in [0.3, 0.4) is 0 Å². The zero-order valence-electron chi connectivity index (χ0n) is 5.74. The van der Waals surface area contributed by atoms with Crippen molar-refractivity contribution in [2.45, 2.75) is 6.92 Å². The number of nitrogens with zero attached hydrogens (tertiary/aromatic N) is 2. The van der Waals surface area contributed by atoms with E-state index in [4.69, 9.17) is 11.6 Å². The summed E-state index contributed by atoms with van der Waals surface area (Å²) in [6.45, 7) is 1.69. The van der Waals surface area contributed by atoms with Crippen molar-refractivity contribution in [3.63, 3.8) is 0 Å². The Balaban J connectivity index is 3.15. The fourth-order valence-electron chi connectivity index (χ4n) is 0.624. The molecule has 0 aliphatic rings. The van der Waals surface area contributed by atoms with E-state index in [9.17, 15) is 10.1 Å². The Morgan fingerprint density at radius 2 is 2.36 bits per heavy atom. The molecule has 0 saturated heterocycles. The molecule has 0 radical (unpaired) electrons. The van der Waals surface area contributed by atoms with Gasteiger partial charge in [-0.25, -0.2) is 0 Å². The minimum Gasteiger partial charge on any atom is -0.358 e. The van der Waals surface area contributed by atoms with Gasteiger partial charge in [0.25, 0.3) is 0 Å². The zero-order chi connectivity index (χ0) is 8.43. The number of hydrogen-bond acceptors (Lipinski definition) is 3. The maximum atomic E-state index is 10.2. The Morgan fingerprint density at radius 3 is 2.82 bits per heavy atom. The van der Waals surface area contributed by atoms with Crippen LogP contribution in [0, 0.1) is 17.0 Å². The van der Waals surface area contributed by atoms with Crippen molar-refractivity contribution in [3.8, 4) is 0 Å². The van der Waals surface area contributed by atoms with E-state index in [2.05, 4.69) is 4.98 Å². The van der Waals surface area contributed by atoms with Crippen LogP contribution in [0.4, 0.5) is 5.82 Å². The van der Waals surface area contributed by atoms with Gasteiger partial charge in [0.05, 0.1) is 5.02 Å². The summed E-state index contributed by atoms with van der Waals surface area (Å²) in [6, 6.07) is 1.34. The largest absolute Gasteiger partial charge is 0.363 e. The van der Waals surface area contributed by atoms with Crippen molar-refractivity contribution >= 4 is 17.4 Å². The molecule has 1 aromatic heterocycles. The van der Waals surface area contributed by atoms with E-state index in [1.54, 1.807) is 6.92 Å². The monoisotopic (exact) mass is 172 g/mol. The van der Waals surface area contributed by atoms with Crippen LogP contribution in [0.15, 0.2) is 12.3 Å². The smallest absolute Gasteiger partial charge is 0.358 e. The predicted octanol–water partition coefficient (Wildman–Crippen LogP) is 1.95. The average Bonchev–Trinajstić information content (AvgIpc) is 1.94. The summed E-state index contributed by atoms with van der Waals surface area (Å²) in [5, 5.41) is 10.6. The SMILES string of the molecule is Cc1cc([N+](=O)[O-])ncc1Cl. The average molecular weight is 173 g/mol. The molecule has 0 amide bonds. The highest BCUT2D eigenvalue weighted by Gasteiger charge is 2.07. The number of nitro groups is 1. The fraction of sp³-hybridized carbons (Fsp3) is 0.167. The van der Waals surface area contributed by atoms with Gasteiger partial charge in [0.2, 0.25) is 0 Å². The van der Waals surface area contributed by atoms with Gasteiger partial charge in [0.15, 0.2) is 6.20 Å². The fourth-order valence-corrected chi connectivity index (χ4v) is 0.728. The van der Waals surface area contributed by atoms with Crippen LogP contribution < -0.4 is 0 Å². The number of aryl methyl sites for hydroxylation is 1. The van der Waals surface area contributed by atoms with E-state index in [-0.39, 0.29) is 5.82 Å². The van der Waals surface area contributed by atoms with Gasteiger partial charge >= 0.3 is 5.82 Å². The molecule has 0 aliphatic heterocycles. The molecule has 1 aromatic rings. The molecule has 0 unspecified atom stereocenters. The van der Waals surface area contributed by atoms with Gasteiger partial charge in [-0.05, 0) is 22.4 Å². The number of aromatic nitrogens is 1. The summed E-state index contributed by atoms with van der Waals surface area (Å²) in [5.74, 6) is -0.174. The van der Waals surface area contributed by atoms with Crippen LogP contribution in [0.5, 0.6) is 0 Å². The molecule has 5 heteroatoms. The van der Waals surface area contributed by atoms with E-state index < -0.39 is 4.92 Å². The maximum absolute atomic E-state index is 10.2. The van der Waals surface area contributed by atoms with Crippen LogP contribution in [-0.4, -0.2) is 9.91 Å². The van der Waals surface area contributed by atoms with Gasteiger partial charge < -0.3 is 10.1 Å². The number of pyridine rings is 1. The third kappa shape index (κ3) is 1.65. The minimum atomic E-state index is -0.552. The molecule has 0 bridgehead atoms. The van der Waals surface area contributed by atoms with Crippen molar-refractivity contribution in [1.29, 1.82) is 0 Å². The third-order valence-electron chi connectivity index (χ3n) is 1.22. The van der Waals surface area contributed by atoms with Gasteiger partial charge in [-0.15, -0.1) is 0 Å². The molecule has 0 N–H and O–H groups in total. The maximum Gasteiger partial charge on any atom is 0.363 e. The van der Waals surface area contributed by atoms with Gasteiger partial charge in [0, 0.05) is 6.07 Å². The summed E-state index contributed by atoms with van der Waals surface area (Å²) in [5.41, 5.74) is 0.661. The molecule has 0 spiro atoms. The molecular weight excluding hydrogens is 168 g/mol. The lowest BCUT2D eigenvalue weighted by molar-refractivity contribution is -0.389. The molecule has 0 saturated carbocycles. The highest BCUT2D eigenvalue weighted by atomic mass is 35.5. The molecule has 1 heterocycles. The predicted molar refractivity (Wildman–Crippen MR) is 40.6 cm³/mol. The molecule has 1 rings (SSSR count). The number of hydrogen-bond donors (Lipinski definition) is 0. The van der Waals surface area contributed by atoms with Crippen molar-refractivity contribution in [1.82, 2.24) is 4.98 Å². The topological polar surface area (TPSA) is 56.0 Å². The van der Waals surface area contributed by atoms with Crippen LogP contribution in [0.2, 0.25) is 5.02 Å². The highest BCUT2D eigenvalue weighted by molar-refractivity contribution is 6.31. The Hall–Kier alpha value is -1.16. The first-order chi connectivity index (χ1) is 5.11. The third-order valence-corrected chi connectivity index (χ3v) is 1.62. The Morgan fingerprint density at radius 1 is 1.73 bits per heavy atom.